The fourth-order valence-corrected chi connectivity index (χ4v) is 14.3. The largest absolute Gasteiger partial charge is 0.505 e. The van der Waals surface area contributed by atoms with Crippen LogP contribution in [-0.2, 0) is 26.6 Å². The van der Waals surface area contributed by atoms with Gasteiger partial charge in [0.05, 0.1) is 36.6 Å². The highest BCUT2D eigenvalue weighted by Crippen LogP contribution is 2.43. The first-order chi connectivity index (χ1) is 15.1. The lowest BCUT2D eigenvalue weighted by Gasteiger charge is -2.50. The zero-order valence-electron chi connectivity index (χ0n) is 21.0. The molecular weight excluding hydrogens is 456 g/mol. The smallest absolute Gasteiger partial charge is 0.369 e. The number of hydrogen-bond acceptors (Lipinski definition) is 8. The van der Waals surface area contributed by atoms with Crippen LogP contribution in [0.4, 0.5) is 0 Å². The first kappa shape index (κ1) is 27.7. The van der Waals surface area contributed by atoms with Gasteiger partial charge in [-0.2, -0.15) is 0 Å². The van der Waals surface area contributed by atoms with E-state index >= 15 is 0 Å². The van der Waals surface area contributed by atoms with Crippen LogP contribution in [-0.4, -0.2) is 103 Å². The molecule has 0 spiro atoms. The first-order valence-electron chi connectivity index (χ1n) is 12.6. The summed E-state index contributed by atoms with van der Waals surface area (Å²) in [4.78, 5) is 4.81. The molecule has 7 unspecified atom stereocenters. The van der Waals surface area contributed by atoms with Crippen molar-refractivity contribution in [2.45, 2.75) is 111 Å². The van der Waals surface area contributed by atoms with Gasteiger partial charge in [0.1, 0.15) is 0 Å². The number of rotatable bonds is 4. The molecule has 0 amide bonds. The molecule has 0 aromatic carbocycles. The number of fused-ring (bicyclic) bond motifs is 12. The van der Waals surface area contributed by atoms with E-state index in [1.54, 1.807) is 0 Å². The zero-order chi connectivity index (χ0) is 23.1. The Hall–Kier alpha value is 0.114. The van der Waals surface area contributed by atoms with Gasteiger partial charge >= 0.3 is 17.6 Å². The minimum atomic E-state index is -3.03. The number of nitrogens with zero attached hydrogens (tertiary/aromatic N) is 2. The maximum absolute atomic E-state index is 6.75. The van der Waals surface area contributed by atoms with E-state index in [1.807, 2.05) is 0 Å². The molecule has 0 aromatic rings. The van der Waals surface area contributed by atoms with Gasteiger partial charge in [0.15, 0.2) is 0 Å². The van der Waals surface area contributed by atoms with Crippen molar-refractivity contribution in [2.75, 3.05) is 39.3 Å². The van der Waals surface area contributed by atoms with Crippen molar-refractivity contribution in [1.29, 1.82) is 0 Å². The Balaban J connectivity index is 0.00000306. The van der Waals surface area contributed by atoms with Crippen molar-refractivity contribution < 1.29 is 26.6 Å². The lowest BCUT2D eigenvalue weighted by molar-refractivity contribution is -0.0918. The Morgan fingerprint density at radius 2 is 0.909 bits per heavy atom. The molecular formula is C23H48N2O6Si2. The third kappa shape index (κ3) is 6.47. The lowest BCUT2D eigenvalue weighted by atomic mass is 10.2. The summed E-state index contributed by atoms with van der Waals surface area (Å²) in [5.41, 5.74) is 0.0766. The molecule has 194 valence electrons. The summed E-state index contributed by atoms with van der Waals surface area (Å²) < 4.78 is 40.3. The maximum atomic E-state index is 6.75. The Bertz CT molecular complexity index is 574. The summed E-state index contributed by atoms with van der Waals surface area (Å²) in [7, 11) is -6.02. The Kier molecular flexibility index (Phi) is 9.25. The second-order valence-electron chi connectivity index (χ2n) is 10.6. The quantitative estimate of drug-likeness (QED) is 0.540. The second-order valence-corrected chi connectivity index (χ2v) is 15.8. The Morgan fingerprint density at radius 3 is 1.21 bits per heavy atom. The van der Waals surface area contributed by atoms with Crippen LogP contribution in [0.3, 0.4) is 0 Å². The molecule has 6 heterocycles. The summed E-state index contributed by atoms with van der Waals surface area (Å²) in [6.07, 6.45) is 1.30. The van der Waals surface area contributed by atoms with Crippen LogP contribution in [0.25, 0.3) is 0 Å². The van der Waals surface area contributed by atoms with E-state index in [9.17, 15) is 0 Å². The molecule has 10 heteroatoms. The van der Waals surface area contributed by atoms with Gasteiger partial charge < -0.3 is 26.6 Å². The monoisotopic (exact) mass is 504 g/mol. The SMILES string of the molecule is C.CCC(C[Si]12OC(C)CN(CC(C)O1)CC(C)O2)[Si]12OC(C)CN(CC(C)O1)CC(C)O2. The molecule has 6 aliphatic rings. The van der Waals surface area contributed by atoms with Crippen LogP contribution in [0.5, 0.6) is 0 Å². The van der Waals surface area contributed by atoms with E-state index < -0.39 is 17.6 Å². The molecule has 7 atom stereocenters. The second kappa shape index (κ2) is 11.0. The Labute approximate surface area is 203 Å². The highest BCUT2D eigenvalue weighted by Gasteiger charge is 2.60. The molecule has 0 radical (unpaired) electrons. The van der Waals surface area contributed by atoms with E-state index in [0.29, 0.717) is 6.04 Å². The molecule has 0 aliphatic carbocycles. The van der Waals surface area contributed by atoms with Crippen LogP contribution in [0, 0.1) is 0 Å². The van der Waals surface area contributed by atoms with Gasteiger partial charge in [-0.05, 0) is 48.0 Å². The molecule has 0 N–H and O–H groups in total. The summed E-state index contributed by atoms with van der Waals surface area (Å²) in [6, 6.07) is 0.685. The number of hydrogen-bond donors (Lipinski definition) is 0. The van der Waals surface area contributed by atoms with Crippen molar-refractivity contribution in [3.05, 3.63) is 0 Å². The van der Waals surface area contributed by atoms with Gasteiger partial charge in [-0.15, -0.1) is 0 Å². The lowest BCUT2D eigenvalue weighted by Crippen LogP contribution is -2.66. The third-order valence-corrected chi connectivity index (χ3v) is 14.3. The Morgan fingerprint density at radius 1 is 0.606 bits per heavy atom. The van der Waals surface area contributed by atoms with Crippen molar-refractivity contribution in [3.63, 3.8) is 0 Å². The van der Waals surface area contributed by atoms with Crippen molar-refractivity contribution in [1.82, 2.24) is 9.80 Å². The van der Waals surface area contributed by atoms with Gasteiger partial charge in [-0.3, -0.25) is 9.80 Å². The van der Waals surface area contributed by atoms with Crippen LogP contribution in [0.2, 0.25) is 11.6 Å². The van der Waals surface area contributed by atoms with Gasteiger partial charge in [-0.25, -0.2) is 0 Å². The zero-order valence-corrected chi connectivity index (χ0v) is 23.0. The molecule has 8 nitrogen and oxygen atoms in total. The van der Waals surface area contributed by atoms with Gasteiger partial charge in [0.25, 0.3) is 0 Å². The highest BCUT2D eigenvalue weighted by molar-refractivity contribution is 6.68. The minimum Gasteiger partial charge on any atom is -0.369 e. The van der Waals surface area contributed by atoms with Crippen LogP contribution in [0.15, 0.2) is 0 Å². The molecule has 6 rings (SSSR count). The summed E-state index contributed by atoms with van der Waals surface area (Å²) in [5, 5.41) is 0. The normalized spacial score (nSPS) is 49.5. The molecule has 6 saturated heterocycles. The third-order valence-electron chi connectivity index (χ3n) is 6.82. The first-order valence-corrected chi connectivity index (χ1v) is 16.3. The van der Waals surface area contributed by atoms with E-state index in [2.05, 4.69) is 58.3 Å². The van der Waals surface area contributed by atoms with E-state index in [0.717, 1.165) is 45.7 Å². The average Bonchev–Trinajstić information content (AvgIpc) is 2.60. The van der Waals surface area contributed by atoms with Gasteiger partial charge in [-0.1, -0.05) is 14.4 Å². The molecule has 0 saturated carbocycles. The minimum absolute atomic E-state index is 0. The van der Waals surface area contributed by atoms with Crippen molar-refractivity contribution in [2.24, 2.45) is 0 Å². The fraction of sp³-hybridized carbons (Fsp3) is 1.00. The molecule has 6 fully saturated rings. The van der Waals surface area contributed by atoms with Crippen LogP contribution >= 0.6 is 0 Å². The van der Waals surface area contributed by atoms with Gasteiger partial charge in [0, 0.05) is 50.9 Å². The average molecular weight is 505 g/mol. The van der Waals surface area contributed by atoms with Crippen molar-refractivity contribution >= 4 is 17.6 Å². The topological polar surface area (TPSA) is 61.9 Å². The van der Waals surface area contributed by atoms with E-state index in [4.69, 9.17) is 26.6 Å². The molecule has 0 aromatic heterocycles. The predicted octanol–water partition coefficient (Wildman–Crippen LogP) is 3.37. The van der Waals surface area contributed by atoms with E-state index in [-0.39, 0.29) is 49.6 Å². The van der Waals surface area contributed by atoms with Gasteiger partial charge in [0.2, 0.25) is 0 Å². The van der Waals surface area contributed by atoms with Crippen LogP contribution < -0.4 is 0 Å². The molecule has 6 aliphatic heterocycles. The fourth-order valence-electron chi connectivity index (χ4n) is 6.03. The van der Waals surface area contributed by atoms with E-state index in [1.165, 1.54) is 0 Å². The summed E-state index contributed by atoms with van der Waals surface area (Å²) >= 11 is 0. The maximum Gasteiger partial charge on any atom is 0.505 e. The van der Waals surface area contributed by atoms with Crippen molar-refractivity contribution in [3.8, 4) is 0 Å². The van der Waals surface area contributed by atoms with Crippen LogP contribution in [0.1, 0.15) is 62.3 Å². The summed E-state index contributed by atoms with van der Waals surface area (Å²) in [6.45, 7) is 20.6. The standard InChI is InChI=1S/C22H44N2O6Si2.CH4/c1-8-22(32-28-19(5)12-24(13-20(6)29-32)14-21(7)30-32)15-31-25-16(2)9-23(10-17(3)26-31)11-18(4)27-31;/h16-22H,8-15H2,1-7H3;1H4. The highest BCUT2D eigenvalue weighted by atomic mass is 28.4. The predicted molar refractivity (Wildman–Crippen MR) is 133 cm³/mol. The molecule has 33 heavy (non-hydrogen) atoms. The summed E-state index contributed by atoms with van der Waals surface area (Å²) in [5.74, 6) is 0. The molecule has 4 bridgehead atoms.